The Morgan fingerprint density at radius 2 is 2.43 bits per heavy atom. The molecule has 1 fully saturated rings. The van der Waals surface area contributed by atoms with E-state index < -0.39 is 0 Å². The molecule has 0 aliphatic carbocycles. The van der Waals surface area contributed by atoms with Crippen molar-refractivity contribution in [2.75, 3.05) is 20.3 Å². The van der Waals surface area contributed by atoms with Crippen molar-refractivity contribution in [3.05, 3.63) is 35.6 Å². The Labute approximate surface area is 133 Å². The number of aromatic nitrogens is 3. The summed E-state index contributed by atoms with van der Waals surface area (Å²) in [6.45, 7) is 1.12. The number of hydrogen-bond donors (Lipinski definition) is 1. The van der Waals surface area contributed by atoms with Crippen molar-refractivity contribution in [3.63, 3.8) is 0 Å². The van der Waals surface area contributed by atoms with E-state index in [0.29, 0.717) is 36.1 Å². The van der Waals surface area contributed by atoms with Gasteiger partial charge in [-0.25, -0.2) is 4.98 Å². The molecule has 1 saturated heterocycles. The molecule has 1 aliphatic heterocycles. The van der Waals surface area contributed by atoms with Crippen LogP contribution in [-0.4, -0.2) is 41.3 Å². The van der Waals surface area contributed by atoms with Gasteiger partial charge >= 0.3 is 0 Å². The molecule has 8 heteroatoms. The van der Waals surface area contributed by atoms with Crippen molar-refractivity contribution >= 4 is 5.91 Å². The van der Waals surface area contributed by atoms with Crippen LogP contribution in [0.4, 0.5) is 0 Å². The second kappa shape index (κ2) is 7.19. The van der Waals surface area contributed by atoms with Crippen LogP contribution >= 0.6 is 0 Å². The van der Waals surface area contributed by atoms with Gasteiger partial charge < -0.3 is 19.3 Å². The monoisotopic (exact) mass is 318 g/mol. The van der Waals surface area contributed by atoms with Gasteiger partial charge in [0.15, 0.2) is 5.82 Å². The lowest BCUT2D eigenvalue weighted by atomic mass is 10.2. The van der Waals surface area contributed by atoms with E-state index in [4.69, 9.17) is 14.0 Å². The molecule has 0 spiro atoms. The molecule has 2 aromatic heterocycles. The second-order valence-electron chi connectivity index (χ2n) is 5.12. The fourth-order valence-electron chi connectivity index (χ4n) is 2.38. The number of nitrogens with zero attached hydrogens (tertiary/aromatic N) is 3. The summed E-state index contributed by atoms with van der Waals surface area (Å²) >= 11 is 0. The maximum atomic E-state index is 12.1. The Bertz CT molecular complexity index is 667. The molecule has 3 heterocycles. The van der Waals surface area contributed by atoms with E-state index in [9.17, 15) is 4.79 Å². The van der Waals surface area contributed by atoms with Gasteiger partial charge in [-0.2, -0.15) is 4.98 Å². The molecule has 1 amide bonds. The Hall–Kier alpha value is -2.48. The molecule has 2 aromatic rings. The summed E-state index contributed by atoms with van der Waals surface area (Å²) in [5, 5.41) is 6.70. The van der Waals surface area contributed by atoms with Gasteiger partial charge in [-0.1, -0.05) is 5.16 Å². The first-order valence-corrected chi connectivity index (χ1v) is 7.49. The average molecular weight is 318 g/mol. The summed E-state index contributed by atoms with van der Waals surface area (Å²) in [4.78, 5) is 20.4. The molecule has 0 bridgehead atoms. The number of pyridine rings is 1. The summed E-state index contributed by atoms with van der Waals surface area (Å²) in [7, 11) is 1.48. The summed E-state index contributed by atoms with van der Waals surface area (Å²) in [6.07, 6.45) is 3.86. The minimum atomic E-state index is -0.252. The maximum absolute atomic E-state index is 12.1. The van der Waals surface area contributed by atoms with Crippen molar-refractivity contribution in [1.82, 2.24) is 20.4 Å². The van der Waals surface area contributed by atoms with E-state index >= 15 is 0 Å². The Morgan fingerprint density at radius 1 is 1.52 bits per heavy atom. The minimum absolute atomic E-state index is 0.0921. The lowest BCUT2D eigenvalue weighted by Gasteiger charge is -2.07. The third-order valence-electron chi connectivity index (χ3n) is 3.53. The average Bonchev–Trinajstić information content (AvgIpc) is 3.26. The number of nitrogens with one attached hydrogen (secondary N) is 1. The lowest BCUT2D eigenvalue weighted by molar-refractivity contribution is 0.0835. The quantitative estimate of drug-likeness (QED) is 0.856. The van der Waals surface area contributed by atoms with Crippen molar-refractivity contribution in [2.24, 2.45) is 0 Å². The standard InChI is InChI=1S/C15H18N4O4/c1-21-14-10(4-2-7-17-14)13(20)16-8-6-12-18-15(23-19-12)11-5-3-9-22-11/h2,4,7,11H,3,5-6,8-9H2,1H3,(H,16,20)/t11-/m0/s1. The van der Waals surface area contributed by atoms with Crippen LogP contribution in [0.5, 0.6) is 5.88 Å². The molecule has 1 N–H and O–H groups in total. The fourth-order valence-corrected chi connectivity index (χ4v) is 2.38. The van der Waals surface area contributed by atoms with Crippen LogP contribution in [0, 0.1) is 0 Å². The molecule has 0 radical (unpaired) electrons. The number of methoxy groups -OCH3 is 1. The van der Waals surface area contributed by atoms with E-state index in [1.54, 1.807) is 18.3 Å². The number of carbonyl (C=O) groups excluding carboxylic acids is 1. The van der Waals surface area contributed by atoms with Crippen LogP contribution in [0.3, 0.4) is 0 Å². The largest absolute Gasteiger partial charge is 0.480 e. The summed E-state index contributed by atoms with van der Waals surface area (Å²) in [5.41, 5.74) is 0.392. The fraction of sp³-hybridized carbons (Fsp3) is 0.467. The number of carbonyl (C=O) groups is 1. The predicted molar refractivity (Wildman–Crippen MR) is 79.1 cm³/mol. The molecule has 23 heavy (non-hydrogen) atoms. The third-order valence-corrected chi connectivity index (χ3v) is 3.53. The van der Waals surface area contributed by atoms with Crippen molar-refractivity contribution in [1.29, 1.82) is 0 Å². The summed E-state index contributed by atoms with van der Waals surface area (Å²) < 4.78 is 15.8. The van der Waals surface area contributed by atoms with Crippen molar-refractivity contribution in [2.45, 2.75) is 25.4 Å². The molecule has 1 aliphatic rings. The number of ether oxygens (including phenoxy) is 2. The highest BCUT2D eigenvalue weighted by Gasteiger charge is 2.23. The van der Waals surface area contributed by atoms with Gasteiger partial charge in [0.25, 0.3) is 11.8 Å². The Kier molecular flexibility index (Phi) is 4.82. The lowest BCUT2D eigenvalue weighted by Crippen LogP contribution is -2.26. The number of amides is 1. The highest BCUT2D eigenvalue weighted by molar-refractivity contribution is 5.96. The molecule has 8 nitrogen and oxygen atoms in total. The highest BCUT2D eigenvalue weighted by atomic mass is 16.5. The van der Waals surface area contributed by atoms with E-state index in [1.807, 2.05) is 0 Å². The van der Waals surface area contributed by atoms with Gasteiger partial charge in [0.2, 0.25) is 5.88 Å². The van der Waals surface area contributed by atoms with E-state index in [-0.39, 0.29) is 12.0 Å². The van der Waals surface area contributed by atoms with Gasteiger partial charge in [0, 0.05) is 25.8 Å². The van der Waals surface area contributed by atoms with Gasteiger partial charge in [-0.05, 0) is 25.0 Å². The molecule has 3 rings (SSSR count). The first kappa shape index (κ1) is 15.4. The second-order valence-corrected chi connectivity index (χ2v) is 5.12. The van der Waals surface area contributed by atoms with Crippen LogP contribution in [0.25, 0.3) is 0 Å². The molecular formula is C15H18N4O4. The van der Waals surface area contributed by atoms with Crippen LogP contribution in [0.1, 0.15) is 41.0 Å². The summed E-state index contributed by atoms with van der Waals surface area (Å²) in [6, 6.07) is 3.34. The smallest absolute Gasteiger partial charge is 0.256 e. The van der Waals surface area contributed by atoms with Gasteiger partial charge in [-0.3, -0.25) is 4.79 Å². The van der Waals surface area contributed by atoms with Crippen molar-refractivity contribution < 1.29 is 18.8 Å². The Morgan fingerprint density at radius 3 is 3.22 bits per heavy atom. The molecule has 1 atom stereocenters. The SMILES string of the molecule is COc1ncccc1C(=O)NCCc1noc([C@@H]2CCCO2)n1. The minimum Gasteiger partial charge on any atom is -0.480 e. The van der Waals surface area contributed by atoms with E-state index in [2.05, 4.69) is 20.4 Å². The van der Waals surface area contributed by atoms with Crippen molar-refractivity contribution in [3.8, 4) is 5.88 Å². The first-order valence-electron chi connectivity index (χ1n) is 7.49. The normalized spacial score (nSPS) is 17.2. The van der Waals surface area contributed by atoms with Crippen LogP contribution in [0.2, 0.25) is 0 Å². The molecule has 0 saturated carbocycles. The number of rotatable bonds is 6. The topological polar surface area (TPSA) is 99.4 Å². The number of hydrogen-bond acceptors (Lipinski definition) is 7. The zero-order valence-corrected chi connectivity index (χ0v) is 12.8. The molecule has 122 valence electrons. The first-order chi connectivity index (χ1) is 11.3. The van der Waals surface area contributed by atoms with E-state index in [0.717, 1.165) is 19.4 Å². The van der Waals surface area contributed by atoms with Crippen LogP contribution in [-0.2, 0) is 11.2 Å². The van der Waals surface area contributed by atoms with Crippen LogP contribution < -0.4 is 10.1 Å². The summed E-state index contributed by atoms with van der Waals surface area (Å²) in [5.74, 6) is 1.11. The van der Waals surface area contributed by atoms with Gasteiger partial charge in [-0.15, -0.1) is 0 Å². The molecular weight excluding hydrogens is 300 g/mol. The van der Waals surface area contributed by atoms with Crippen LogP contribution in [0.15, 0.2) is 22.9 Å². The molecule has 0 aromatic carbocycles. The zero-order valence-electron chi connectivity index (χ0n) is 12.8. The maximum Gasteiger partial charge on any atom is 0.256 e. The third kappa shape index (κ3) is 3.65. The van der Waals surface area contributed by atoms with E-state index in [1.165, 1.54) is 7.11 Å². The van der Waals surface area contributed by atoms with Gasteiger partial charge in [0.1, 0.15) is 11.7 Å². The molecule has 0 unspecified atom stereocenters. The highest BCUT2D eigenvalue weighted by Crippen LogP contribution is 2.26. The predicted octanol–water partition coefficient (Wildman–Crippen LogP) is 1.30. The van der Waals surface area contributed by atoms with Gasteiger partial charge in [0.05, 0.1) is 7.11 Å². The Balaban J connectivity index is 1.52. The zero-order chi connectivity index (χ0) is 16.1.